The van der Waals surface area contributed by atoms with E-state index in [-0.39, 0.29) is 5.56 Å². The number of fused-ring (bicyclic) bond motifs is 1. The van der Waals surface area contributed by atoms with E-state index < -0.39 is 18.0 Å². The van der Waals surface area contributed by atoms with Gasteiger partial charge >= 0.3 is 5.97 Å². The normalized spacial score (nSPS) is 11.8. The minimum Gasteiger partial charge on any atom is -0.449 e. The number of carbonyl (C=O) groups is 2. The average Bonchev–Trinajstić information content (AvgIpc) is 2.67. The monoisotopic (exact) mass is 403 g/mol. The highest BCUT2D eigenvalue weighted by molar-refractivity contribution is 6.36. The Labute approximate surface area is 165 Å². The van der Waals surface area contributed by atoms with Crippen LogP contribution in [0.4, 0.5) is 5.69 Å². The largest absolute Gasteiger partial charge is 0.449 e. The molecule has 0 saturated carbocycles. The van der Waals surface area contributed by atoms with Crippen LogP contribution in [0.2, 0.25) is 10.0 Å². The van der Waals surface area contributed by atoms with Crippen LogP contribution in [-0.4, -0.2) is 27.9 Å². The summed E-state index contributed by atoms with van der Waals surface area (Å²) in [7, 11) is 0. The quantitative estimate of drug-likeness (QED) is 0.633. The van der Waals surface area contributed by atoms with Gasteiger partial charge in [0, 0.05) is 17.4 Å². The van der Waals surface area contributed by atoms with Crippen LogP contribution in [0.1, 0.15) is 23.7 Å². The molecular formula is C19H15Cl2N3O3. The van der Waals surface area contributed by atoms with Gasteiger partial charge in [-0.2, -0.15) is 0 Å². The summed E-state index contributed by atoms with van der Waals surface area (Å²) in [6.07, 6.45) is 2.33. The summed E-state index contributed by atoms with van der Waals surface area (Å²) in [5.74, 6) is -1.13. The summed E-state index contributed by atoms with van der Waals surface area (Å²) < 4.78 is 5.40. The first kappa shape index (κ1) is 19.1. The summed E-state index contributed by atoms with van der Waals surface area (Å²) in [6.45, 7) is 1.74. The van der Waals surface area contributed by atoms with Crippen molar-refractivity contribution >= 4 is 51.8 Å². The number of para-hydroxylation sites is 1. The molecule has 2 aromatic carbocycles. The van der Waals surface area contributed by atoms with Gasteiger partial charge in [-0.15, -0.1) is 0 Å². The molecule has 27 heavy (non-hydrogen) atoms. The van der Waals surface area contributed by atoms with Crippen molar-refractivity contribution in [3.05, 3.63) is 64.4 Å². The van der Waals surface area contributed by atoms with Crippen LogP contribution >= 0.6 is 23.2 Å². The molecule has 0 aliphatic heterocycles. The molecule has 3 aromatic rings. The first-order valence-corrected chi connectivity index (χ1v) is 8.91. The number of carbonyl (C=O) groups excluding carboxylic acids is 2. The summed E-state index contributed by atoms with van der Waals surface area (Å²) in [6, 6.07) is 9.70. The van der Waals surface area contributed by atoms with Crippen molar-refractivity contribution in [2.24, 2.45) is 0 Å². The van der Waals surface area contributed by atoms with E-state index in [9.17, 15) is 9.59 Å². The van der Waals surface area contributed by atoms with Gasteiger partial charge in [0.1, 0.15) is 5.52 Å². The fourth-order valence-corrected chi connectivity index (χ4v) is 2.93. The number of rotatable bonds is 5. The van der Waals surface area contributed by atoms with Crippen molar-refractivity contribution in [1.29, 1.82) is 0 Å². The van der Waals surface area contributed by atoms with Crippen molar-refractivity contribution in [1.82, 2.24) is 9.97 Å². The topological polar surface area (TPSA) is 81.2 Å². The molecule has 1 N–H and O–H groups in total. The standard InChI is InChI=1S/C19H15Cl2N3O3/c1-2-16(18(25)24-14-7-6-11(20)10-13(14)21)27-19(26)12-4-3-5-15-17(12)23-9-8-22-15/h3-10,16H,2H2,1H3,(H,24,25). The molecule has 0 radical (unpaired) electrons. The van der Waals surface area contributed by atoms with E-state index in [4.69, 9.17) is 27.9 Å². The average molecular weight is 404 g/mol. The molecule has 1 aromatic heterocycles. The van der Waals surface area contributed by atoms with Crippen molar-refractivity contribution < 1.29 is 14.3 Å². The third-order valence-electron chi connectivity index (χ3n) is 3.82. The Morgan fingerprint density at radius 3 is 2.67 bits per heavy atom. The van der Waals surface area contributed by atoms with Gasteiger partial charge in [0.25, 0.3) is 5.91 Å². The SMILES string of the molecule is CCC(OC(=O)c1cccc2nccnc12)C(=O)Nc1ccc(Cl)cc1Cl. The third kappa shape index (κ3) is 4.35. The van der Waals surface area contributed by atoms with Gasteiger partial charge in [0.15, 0.2) is 6.10 Å². The summed E-state index contributed by atoms with van der Waals surface area (Å²) in [5, 5.41) is 3.39. The molecule has 6 nitrogen and oxygen atoms in total. The first-order chi connectivity index (χ1) is 13.0. The number of ether oxygens (including phenoxy) is 1. The number of aromatic nitrogens is 2. The lowest BCUT2D eigenvalue weighted by molar-refractivity contribution is -0.124. The van der Waals surface area contributed by atoms with Crippen molar-refractivity contribution in [3.8, 4) is 0 Å². The van der Waals surface area contributed by atoms with Crippen molar-refractivity contribution in [3.63, 3.8) is 0 Å². The number of amides is 1. The number of nitrogens with zero attached hydrogens (tertiary/aromatic N) is 2. The van der Waals surface area contributed by atoms with Gasteiger partial charge in [-0.25, -0.2) is 4.79 Å². The lowest BCUT2D eigenvalue weighted by Gasteiger charge is -2.17. The van der Waals surface area contributed by atoms with Crippen LogP contribution in [0.15, 0.2) is 48.8 Å². The second kappa shape index (κ2) is 8.33. The zero-order valence-electron chi connectivity index (χ0n) is 14.3. The molecule has 138 valence electrons. The number of nitrogens with one attached hydrogen (secondary N) is 1. The van der Waals surface area contributed by atoms with Crippen molar-refractivity contribution in [2.45, 2.75) is 19.4 Å². The highest BCUT2D eigenvalue weighted by Crippen LogP contribution is 2.26. The van der Waals surface area contributed by atoms with Gasteiger partial charge in [-0.1, -0.05) is 36.2 Å². The molecule has 0 spiro atoms. The fraction of sp³-hybridized carbons (Fsp3) is 0.158. The van der Waals surface area contributed by atoms with E-state index in [1.165, 1.54) is 18.5 Å². The Morgan fingerprint density at radius 2 is 1.93 bits per heavy atom. The number of esters is 1. The zero-order chi connectivity index (χ0) is 19.4. The van der Waals surface area contributed by atoms with E-state index in [2.05, 4.69) is 15.3 Å². The van der Waals surface area contributed by atoms with Crippen LogP contribution in [0, 0.1) is 0 Å². The predicted molar refractivity (Wildman–Crippen MR) is 104 cm³/mol. The lowest BCUT2D eigenvalue weighted by Crippen LogP contribution is -2.32. The van der Waals surface area contributed by atoms with E-state index >= 15 is 0 Å². The Bertz CT molecular complexity index is 1010. The number of hydrogen-bond acceptors (Lipinski definition) is 5. The number of anilines is 1. The maximum Gasteiger partial charge on any atom is 0.341 e. The highest BCUT2D eigenvalue weighted by atomic mass is 35.5. The zero-order valence-corrected chi connectivity index (χ0v) is 15.8. The van der Waals surface area contributed by atoms with Gasteiger partial charge in [-0.3, -0.25) is 14.8 Å². The molecule has 0 saturated heterocycles. The highest BCUT2D eigenvalue weighted by Gasteiger charge is 2.24. The Hall–Kier alpha value is -2.70. The number of benzene rings is 2. The van der Waals surface area contributed by atoms with Crippen LogP contribution in [0.5, 0.6) is 0 Å². The molecule has 1 unspecified atom stereocenters. The molecule has 1 atom stereocenters. The first-order valence-electron chi connectivity index (χ1n) is 8.16. The third-order valence-corrected chi connectivity index (χ3v) is 4.37. The maximum absolute atomic E-state index is 12.6. The molecule has 0 aliphatic carbocycles. The number of hydrogen-bond donors (Lipinski definition) is 1. The number of halogens is 2. The Balaban J connectivity index is 1.77. The predicted octanol–water partition coefficient (Wildman–Crippen LogP) is 4.51. The van der Waals surface area contributed by atoms with Crippen molar-refractivity contribution in [2.75, 3.05) is 5.32 Å². The minimum atomic E-state index is -0.990. The summed E-state index contributed by atoms with van der Waals surface area (Å²) >= 11 is 11.9. The van der Waals surface area contributed by atoms with Gasteiger partial charge < -0.3 is 10.1 Å². The van der Waals surface area contributed by atoms with E-state index in [1.54, 1.807) is 37.3 Å². The van der Waals surface area contributed by atoms with E-state index in [1.807, 2.05) is 0 Å². The summed E-state index contributed by atoms with van der Waals surface area (Å²) in [5.41, 5.74) is 1.62. The second-order valence-electron chi connectivity index (χ2n) is 5.65. The maximum atomic E-state index is 12.6. The molecule has 3 rings (SSSR count). The Morgan fingerprint density at radius 1 is 1.15 bits per heavy atom. The second-order valence-corrected chi connectivity index (χ2v) is 6.49. The molecule has 0 fully saturated rings. The Kier molecular flexibility index (Phi) is 5.88. The van der Waals surface area contributed by atoms with Gasteiger partial charge in [0.2, 0.25) is 0 Å². The molecule has 0 aliphatic rings. The van der Waals surface area contributed by atoms with E-state index in [0.29, 0.717) is 33.2 Å². The van der Waals surface area contributed by atoms with Crippen LogP contribution < -0.4 is 5.32 Å². The molecule has 8 heteroatoms. The molecule has 0 bridgehead atoms. The fourth-order valence-electron chi connectivity index (χ4n) is 2.48. The van der Waals surface area contributed by atoms with E-state index in [0.717, 1.165) is 0 Å². The minimum absolute atomic E-state index is 0.247. The van der Waals surface area contributed by atoms with Crippen LogP contribution in [-0.2, 0) is 9.53 Å². The van der Waals surface area contributed by atoms with Gasteiger partial charge in [0.05, 0.1) is 21.8 Å². The molecular weight excluding hydrogens is 389 g/mol. The molecule has 1 heterocycles. The van der Waals surface area contributed by atoms with Gasteiger partial charge in [-0.05, 0) is 36.8 Å². The lowest BCUT2D eigenvalue weighted by atomic mass is 10.1. The van der Waals surface area contributed by atoms with Crippen LogP contribution in [0.25, 0.3) is 11.0 Å². The molecule has 1 amide bonds. The van der Waals surface area contributed by atoms with Crippen LogP contribution in [0.3, 0.4) is 0 Å². The summed E-state index contributed by atoms with van der Waals surface area (Å²) in [4.78, 5) is 33.4. The smallest absolute Gasteiger partial charge is 0.341 e.